The molecule has 3 aromatic carbocycles. The van der Waals surface area contributed by atoms with E-state index < -0.39 is 6.04 Å². The van der Waals surface area contributed by atoms with Gasteiger partial charge in [-0.05, 0) is 43.4 Å². The molecule has 38 heavy (non-hydrogen) atoms. The number of hydrogen-bond acceptors (Lipinski definition) is 3. The molecule has 1 aliphatic carbocycles. The molecule has 1 saturated carbocycles. The highest BCUT2D eigenvalue weighted by molar-refractivity contribution is 7.99. The molecule has 4 nitrogen and oxygen atoms in total. The minimum Gasteiger partial charge on any atom is -0.352 e. The molecule has 1 atom stereocenters. The number of aryl methyl sites for hydroxylation is 2. The van der Waals surface area contributed by atoms with Gasteiger partial charge in [-0.2, -0.15) is 0 Å². The third-order valence-corrected chi connectivity index (χ3v) is 8.26. The molecule has 0 aliphatic heterocycles. The number of thioether (sulfide) groups is 1. The first-order valence-electron chi connectivity index (χ1n) is 13.8. The van der Waals surface area contributed by atoms with Gasteiger partial charge in [-0.1, -0.05) is 109 Å². The number of rotatable bonds is 11. The van der Waals surface area contributed by atoms with Crippen LogP contribution in [0.5, 0.6) is 0 Å². The molecule has 0 saturated heterocycles. The van der Waals surface area contributed by atoms with Crippen molar-refractivity contribution in [2.24, 2.45) is 0 Å². The molecule has 3 aromatic rings. The highest BCUT2D eigenvalue weighted by Crippen LogP contribution is 2.21. The largest absolute Gasteiger partial charge is 0.352 e. The monoisotopic (exact) mass is 528 g/mol. The summed E-state index contributed by atoms with van der Waals surface area (Å²) in [6.07, 6.45) is 6.06. The molecule has 0 radical (unpaired) electrons. The summed E-state index contributed by atoms with van der Waals surface area (Å²) in [7, 11) is 0. The molecule has 1 fully saturated rings. The molecule has 4 rings (SSSR count). The van der Waals surface area contributed by atoms with Gasteiger partial charge in [0.2, 0.25) is 11.8 Å². The van der Waals surface area contributed by atoms with Crippen molar-refractivity contribution in [2.45, 2.75) is 76.8 Å². The van der Waals surface area contributed by atoms with E-state index >= 15 is 0 Å². The van der Waals surface area contributed by atoms with Crippen molar-refractivity contribution in [1.82, 2.24) is 10.2 Å². The fourth-order valence-corrected chi connectivity index (χ4v) is 5.99. The quantitative estimate of drug-likeness (QED) is 0.304. The van der Waals surface area contributed by atoms with Crippen LogP contribution in [0.2, 0.25) is 0 Å². The first-order valence-corrected chi connectivity index (χ1v) is 15.0. The van der Waals surface area contributed by atoms with Crippen molar-refractivity contribution < 1.29 is 9.59 Å². The van der Waals surface area contributed by atoms with Gasteiger partial charge in [0.25, 0.3) is 0 Å². The van der Waals surface area contributed by atoms with Crippen LogP contribution in [-0.2, 0) is 28.3 Å². The number of carbonyl (C=O) groups is 2. The van der Waals surface area contributed by atoms with Crippen molar-refractivity contribution in [3.05, 3.63) is 107 Å². The average molecular weight is 529 g/mol. The van der Waals surface area contributed by atoms with E-state index in [9.17, 15) is 9.59 Å². The smallest absolute Gasteiger partial charge is 0.243 e. The fourth-order valence-electron chi connectivity index (χ4n) is 5.13. The Balaban J connectivity index is 1.56. The molecule has 1 N–H and O–H groups in total. The molecule has 0 bridgehead atoms. The molecule has 5 heteroatoms. The Morgan fingerprint density at radius 1 is 0.842 bits per heavy atom. The second-order valence-corrected chi connectivity index (χ2v) is 11.5. The second-order valence-electron chi connectivity index (χ2n) is 10.5. The number of nitrogens with one attached hydrogen (secondary N) is 1. The molecule has 0 spiro atoms. The summed E-state index contributed by atoms with van der Waals surface area (Å²) in [6, 6.07) is 26.4. The van der Waals surface area contributed by atoms with Gasteiger partial charge in [-0.25, -0.2) is 0 Å². The lowest BCUT2D eigenvalue weighted by atomic mass is 9.94. The lowest BCUT2D eigenvalue weighted by molar-refractivity contribution is -0.139. The van der Waals surface area contributed by atoms with E-state index in [1.807, 2.05) is 35.2 Å². The van der Waals surface area contributed by atoms with Crippen LogP contribution in [0.15, 0.2) is 78.9 Å². The van der Waals surface area contributed by atoms with Crippen molar-refractivity contribution in [2.75, 3.05) is 5.75 Å². The third-order valence-electron chi connectivity index (χ3n) is 7.27. The summed E-state index contributed by atoms with van der Waals surface area (Å²) >= 11 is 1.61. The van der Waals surface area contributed by atoms with Crippen LogP contribution < -0.4 is 5.32 Å². The Bertz CT molecular complexity index is 1170. The SMILES string of the molecule is Cc1ccc(CN(C(=O)CSCc2cccc(C)c2)[C@@H](Cc2ccccc2)C(=O)NC2CCCCC2)cc1. The summed E-state index contributed by atoms with van der Waals surface area (Å²) in [5, 5.41) is 3.32. The van der Waals surface area contributed by atoms with Crippen molar-refractivity contribution in [1.29, 1.82) is 0 Å². The van der Waals surface area contributed by atoms with E-state index in [2.05, 4.69) is 67.7 Å². The predicted octanol–water partition coefficient (Wildman–Crippen LogP) is 6.63. The van der Waals surface area contributed by atoms with E-state index in [0.717, 1.165) is 42.6 Å². The number of benzene rings is 3. The zero-order chi connectivity index (χ0) is 26.7. The molecule has 0 aromatic heterocycles. The highest BCUT2D eigenvalue weighted by atomic mass is 32.2. The molecule has 1 aliphatic rings. The highest BCUT2D eigenvalue weighted by Gasteiger charge is 2.31. The van der Waals surface area contributed by atoms with E-state index in [4.69, 9.17) is 0 Å². The van der Waals surface area contributed by atoms with Crippen LogP contribution in [0, 0.1) is 13.8 Å². The fraction of sp³-hybridized carbons (Fsp3) is 0.394. The molecule has 0 unspecified atom stereocenters. The van der Waals surface area contributed by atoms with Gasteiger partial charge in [-0.3, -0.25) is 9.59 Å². The number of nitrogens with zero attached hydrogens (tertiary/aromatic N) is 1. The van der Waals surface area contributed by atoms with Crippen LogP contribution in [0.4, 0.5) is 0 Å². The van der Waals surface area contributed by atoms with Gasteiger partial charge >= 0.3 is 0 Å². The Kier molecular flexibility index (Phi) is 10.5. The summed E-state index contributed by atoms with van der Waals surface area (Å²) in [4.78, 5) is 29.5. The van der Waals surface area contributed by atoms with Gasteiger partial charge in [0, 0.05) is 24.8 Å². The lowest BCUT2D eigenvalue weighted by Crippen LogP contribution is -2.53. The van der Waals surface area contributed by atoms with Gasteiger partial charge in [0.15, 0.2) is 0 Å². The van der Waals surface area contributed by atoms with Crippen LogP contribution in [0.25, 0.3) is 0 Å². The van der Waals surface area contributed by atoms with Crippen molar-refractivity contribution in [3.63, 3.8) is 0 Å². The van der Waals surface area contributed by atoms with E-state index in [1.54, 1.807) is 11.8 Å². The Morgan fingerprint density at radius 2 is 1.55 bits per heavy atom. The summed E-state index contributed by atoms with van der Waals surface area (Å²) in [5.74, 6) is 1.07. The zero-order valence-corrected chi connectivity index (χ0v) is 23.5. The lowest BCUT2D eigenvalue weighted by Gasteiger charge is -2.33. The summed E-state index contributed by atoms with van der Waals surface area (Å²) < 4.78 is 0. The standard InChI is InChI=1S/C33H40N2O2S/c1-25-16-18-28(19-17-25)22-35(32(36)24-38-23-29-13-9-10-26(2)20-29)31(21-27-11-5-3-6-12-27)33(37)34-30-14-7-4-8-15-30/h3,5-6,9-13,16-20,30-31H,4,7-8,14-15,21-24H2,1-2H3,(H,34,37)/t31-/m0/s1. The Morgan fingerprint density at radius 3 is 2.26 bits per heavy atom. The maximum atomic E-state index is 13.8. The van der Waals surface area contributed by atoms with Crippen LogP contribution in [-0.4, -0.2) is 34.6 Å². The minimum atomic E-state index is -0.562. The first kappa shape index (κ1) is 28.0. The van der Waals surface area contributed by atoms with E-state index in [0.29, 0.717) is 18.7 Å². The van der Waals surface area contributed by atoms with Gasteiger partial charge in [-0.15, -0.1) is 11.8 Å². The first-order chi connectivity index (χ1) is 18.5. The normalized spacial score (nSPS) is 14.6. The molecular weight excluding hydrogens is 488 g/mol. The Hall–Kier alpha value is -3.05. The Labute approximate surface area is 232 Å². The van der Waals surface area contributed by atoms with Crippen molar-refractivity contribution >= 4 is 23.6 Å². The molecule has 0 heterocycles. The average Bonchev–Trinajstić information content (AvgIpc) is 2.93. The number of hydrogen-bond donors (Lipinski definition) is 1. The molecule has 2 amide bonds. The van der Waals surface area contributed by atoms with Crippen LogP contribution >= 0.6 is 11.8 Å². The molecular formula is C33H40N2O2S. The van der Waals surface area contributed by atoms with E-state index in [1.165, 1.54) is 23.1 Å². The van der Waals surface area contributed by atoms with Gasteiger partial charge in [0.1, 0.15) is 6.04 Å². The zero-order valence-electron chi connectivity index (χ0n) is 22.7. The maximum Gasteiger partial charge on any atom is 0.243 e. The second kappa shape index (κ2) is 14.2. The minimum absolute atomic E-state index is 0.00273. The van der Waals surface area contributed by atoms with Gasteiger partial charge < -0.3 is 10.2 Å². The predicted molar refractivity (Wildman–Crippen MR) is 158 cm³/mol. The molecule has 200 valence electrons. The van der Waals surface area contributed by atoms with Gasteiger partial charge in [0.05, 0.1) is 5.75 Å². The van der Waals surface area contributed by atoms with E-state index in [-0.39, 0.29) is 17.9 Å². The summed E-state index contributed by atoms with van der Waals surface area (Å²) in [6.45, 7) is 4.56. The van der Waals surface area contributed by atoms with Crippen molar-refractivity contribution in [3.8, 4) is 0 Å². The van der Waals surface area contributed by atoms with Crippen LogP contribution in [0.1, 0.15) is 59.9 Å². The third kappa shape index (κ3) is 8.49. The maximum absolute atomic E-state index is 13.8. The number of amides is 2. The topological polar surface area (TPSA) is 49.4 Å². The van der Waals surface area contributed by atoms with Crippen LogP contribution in [0.3, 0.4) is 0 Å². The number of carbonyl (C=O) groups excluding carboxylic acids is 2. The summed E-state index contributed by atoms with van der Waals surface area (Å²) in [5.41, 5.74) is 5.71.